The number of carbonyl (C=O) groups is 3. The summed E-state index contributed by atoms with van der Waals surface area (Å²) in [7, 11) is -4.75. The smallest absolute Gasteiger partial charge is 0.462 e. The Morgan fingerprint density at radius 2 is 0.676 bits per heavy atom. The number of aliphatic hydroxyl groups is 1. The van der Waals surface area contributed by atoms with Crippen LogP contribution in [0.15, 0.2) is 48.6 Å². The molecule has 0 amide bonds. The molecule has 3 unspecified atom stereocenters. The zero-order valence-corrected chi connectivity index (χ0v) is 48.7. The summed E-state index contributed by atoms with van der Waals surface area (Å²) in [5, 5.41) is 9.80. The van der Waals surface area contributed by atoms with Crippen molar-refractivity contribution >= 4 is 25.7 Å². The lowest BCUT2D eigenvalue weighted by atomic mass is 10.1. The second-order valence-corrected chi connectivity index (χ2v) is 22.0. The van der Waals surface area contributed by atoms with Crippen LogP contribution in [0.5, 0.6) is 0 Å². The van der Waals surface area contributed by atoms with Gasteiger partial charge in [0.25, 0.3) is 0 Å². The van der Waals surface area contributed by atoms with Gasteiger partial charge in [0.05, 0.1) is 19.8 Å². The standard InChI is InChI=1S/C62H113O11P/c1-4-7-10-13-16-19-22-24-26-28-29-31-32-34-37-39-42-45-48-51-60(64)69-55-59(73-62(66)53-50-47-44-41-38-35-33-30-27-25-23-20-17-14-11-8-5-2)57-71-74(67,68)70-56-58(54-63)72-61(65)52-49-46-43-40-36-21-18-15-12-9-6-3/h15-16,18-19,24-27,58-59,63H,4-14,17,20-23,28-57H2,1-3H3,(H,67,68)/b18-15-,19-16-,26-24-,27-25-. The number of rotatable bonds is 57. The molecule has 3 atom stereocenters. The molecule has 432 valence electrons. The van der Waals surface area contributed by atoms with Gasteiger partial charge in [0.1, 0.15) is 12.7 Å². The molecule has 0 heterocycles. The maximum Gasteiger partial charge on any atom is 0.472 e. The number of hydrogen-bond donors (Lipinski definition) is 2. The average molecular weight is 1070 g/mol. The van der Waals surface area contributed by atoms with Crippen molar-refractivity contribution in [3.63, 3.8) is 0 Å². The SMILES string of the molecule is CCCC/C=C\CCCCCCCC(=O)OC(CO)COP(=O)(O)OCC(COC(=O)CCCCCCCCCCC/C=C\C/C=C\CCCCC)OC(=O)CCCCCCCCC/C=C\CCCCCCCC. The average Bonchev–Trinajstić information content (AvgIpc) is 3.39. The molecule has 0 fully saturated rings. The van der Waals surface area contributed by atoms with Crippen molar-refractivity contribution in [2.75, 3.05) is 26.4 Å². The van der Waals surface area contributed by atoms with Crippen LogP contribution in [0.1, 0.15) is 290 Å². The molecule has 0 aliphatic carbocycles. The molecule has 0 aromatic rings. The summed E-state index contributed by atoms with van der Waals surface area (Å²) in [6, 6.07) is 0. The number of phosphoric acid groups is 1. The van der Waals surface area contributed by atoms with Crippen molar-refractivity contribution in [3.8, 4) is 0 Å². The van der Waals surface area contributed by atoms with Crippen LogP contribution in [0.4, 0.5) is 0 Å². The summed E-state index contributed by atoms with van der Waals surface area (Å²) in [6.45, 7) is 4.59. The van der Waals surface area contributed by atoms with E-state index in [0.29, 0.717) is 19.3 Å². The fourth-order valence-corrected chi connectivity index (χ4v) is 9.26. The first-order valence-corrected chi connectivity index (χ1v) is 32.0. The van der Waals surface area contributed by atoms with Gasteiger partial charge in [-0.2, -0.15) is 0 Å². The molecule has 0 rings (SSSR count). The zero-order chi connectivity index (χ0) is 54.1. The van der Waals surface area contributed by atoms with Gasteiger partial charge in [0, 0.05) is 19.3 Å². The van der Waals surface area contributed by atoms with Crippen LogP contribution in [-0.4, -0.2) is 66.5 Å². The number of phosphoric ester groups is 1. The molecule has 0 spiro atoms. The lowest BCUT2D eigenvalue weighted by Crippen LogP contribution is -2.30. The first-order chi connectivity index (χ1) is 36.2. The van der Waals surface area contributed by atoms with Crippen LogP contribution in [0.25, 0.3) is 0 Å². The first kappa shape index (κ1) is 71.4. The molecule has 0 saturated carbocycles. The minimum atomic E-state index is -4.75. The Morgan fingerprint density at radius 1 is 0.378 bits per heavy atom. The van der Waals surface area contributed by atoms with Gasteiger partial charge >= 0.3 is 25.7 Å². The van der Waals surface area contributed by atoms with E-state index in [1.54, 1.807) is 0 Å². The Balaban J connectivity index is 4.70. The maximum absolute atomic E-state index is 12.9. The molecule has 0 bridgehead atoms. The Kier molecular flexibility index (Phi) is 54.7. The second-order valence-electron chi connectivity index (χ2n) is 20.5. The Labute approximate surface area is 453 Å². The summed E-state index contributed by atoms with van der Waals surface area (Å²) in [6.07, 6.45) is 60.7. The van der Waals surface area contributed by atoms with Gasteiger partial charge in [-0.05, 0) is 96.3 Å². The van der Waals surface area contributed by atoms with E-state index in [0.717, 1.165) is 96.3 Å². The summed E-state index contributed by atoms with van der Waals surface area (Å²) < 4.78 is 39.6. The van der Waals surface area contributed by atoms with E-state index in [1.807, 2.05) is 0 Å². The second kappa shape index (κ2) is 56.6. The fourth-order valence-electron chi connectivity index (χ4n) is 8.48. The van der Waals surface area contributed by atoms with Gasteiger partial charge in [-0.25, -0.2) is 4.57 Å². The normalized spacial score (nSPS) is 13.6. The van der Waals surface area contributed by atoms with E-state index >= 15 is 0 Å². The van der Waals surface area contributed by atoms with Crippen molar-refractivity contribution in [3.05, 3.63) is 48.6 Å². The van der Waals surface area contributed by atoms with E-state index in [4.69, 9.17) is 23.3 Å². The Hall–Kier alpha value is -2.56. The summed E-state index contributed by atoms with van der Waals surface area (Å²) in [5.74, 6) is -1.47. The van der Waals surface area contributed by atoms with Gasteiger partial charge in [-0.15, -0.1) is 0 Å². The topological polar surface area (TPSA) is 155 Å². The quantitative estimate of drug-likeness (QED) is 0.0197. The number of carbonyl (C=O) groups excluding carboxylic acids is 3. The van der Waals surface area contributed by atoms with E-state index in [1.165, 1.54) is 135 Å². The lowest BCUT2D eigenvalue weighted by molar-refractivity contribution is -0.161. The minimum Gasteiger partial charge on any atom is -0.462 e. The zero-order valence-electron chi connectivity index (χ0n) is 47.8. The fraction of sp³-hybridized carbons (Fsp3) is 0.823. The summed E-state index contributed by atoms with van der Waals surface area (Å²) in [4.78, 5) is 48.6. The Morgan fingerprint density at radius 3 is 1.08 bits per heavy atom. The molecule has 74 heavy (non-hydrogen) atoms. The van der Waals surface area contributed by atoms with Crippen LogP contribution in [0.2, 0.25) is 0 Å². The van der Waals surface area contributed by atoms with Crippen LogP contribution in [-0.2, 0) is 42.2 Å². The van der Waals surface area contributed by atoms with E-state index in [9.17, 15) is 28.9 Å². The number of hydrogen-bond acceptors (Lipinski definition) is 10. The van der Waals surface area contributed by atoms with Gasteiger partial charge in [0.2, 0.25) is 0 Å². The van der Waals surface area contributed by atoms with Crippen molar-refractivity contribution in [1.29, 1.82) is 0 Å². The first-order valence-electron chi connectivity index (χ1n) is 30.5. The van der Waals surface area contributed by atoms with E-state index < -0.39 is 57.8 Å². The highest BCUT2D eigenvalue weighted by Gasteiger charge is 2.28. The van der Waals surface area contributed by atoms with Crippen molar-refractivity contribution in [2.24, 2.45) is 0 Å². The third-order valence-electron chi connectivity index (χ3n) is 13.2. The van der Waals surface area contributed by atoms with Crippen molar-refractivity contribution < 1.29 is 52.2 Å². The third kappa shape index (κ3) is 54.2. The molecule has 11 nitrogen and oxygen atoms in total. The maximum atomic E-state index is 12.9. The molecular weight excluding hydrogens is 952 g/mol. The monoisotopic (exact) mass is 1060 g/mol. The summed E-state index contributed by atoms with van der Waals surface area (Å²) in [5.41, 5.74) is 0. The molecule has 0 aromatic heterocycles. The van der Waals surface area contributed by atoms with E-state index in [2.05, 4.69) is 69.4 Å². The lowest BCUT2D eigenvalue weighted by Gasteiger charge is -2.21. The number of unbranched alkanes of at least 4 members (excludes halogenated alkanes) is 32. The summed E-state index contributed by atoms with van der Waals surface area (Å²) >= 11 is 0. The molecule has 0 aliphatic heterocycles. The largest absolute Gasteiger partial charge is 0.472 e. The van der Waals surface area contributed by atoms with Gasteiger partial charge in [-0.1, -0.05) is 223 Å². The number of esters is 3. The Bertz CT molecular complexity index is 1430. The van der Waals surface area contributed by atoms with Crippen LogP contribution in [0.3, 0.4) is 0 Å². The highest BCUT2D eigenvalue weighted by atomic mass is 31.2. The van der Waals surface area contributed by atoms with Gasteiger partial charge in [-0.3, -0.25) is 23.4 Å². The number of allylic oxidation sites excluding steroid dienone is 8. The molecule has 0 aromatic carbocycles. The number of ether oxygens (including phenoxy) is 3. The molecule has 12 heteroatoms. The minimum absolute atomic E-state index is 0.163. The van der Waals surface area contributed by atoms with Crippen LogP contribution < -0.4 is 0 Å². The highest BCUT2D eigenvalue weighted by Crippen LogP contribution is 2.43. The predicted molar refractivity (Wildman–Crippen MR) is 307 cm³/mol. The predicted octanol–water partition coefficient (Wildman–Crippen LogP) is 18.1. The molecule has 2 N–H and O–H groups in total. The van der Waals surface area contributed by atoms with E-state index in [-0.39, 0.29) is 25.9 Å². The van der Waals surface area contributed by atoms with Gasteiger partial charge < -0.3 is 24.2 Å². The van der Waals surface area contributed by atoms with Gasteiger partial charge in [0.15, 0.2) is 6.10 Å². The third-order valence-corrected chi connectivity index (χ3v) is 14.1. The van der Waals surface area contributed by atoms with Crippen molar-refractivity contribution in [2.45, 2.75) is 303 Å². The van der Waals surface area contributed by atoms with Crippen LogP contribution >= 0.6 is 7.82 Å². The molecule has 0 radical (unpaired) electrons. The number of aliphatic hydroxyl groups excluding tert-OH is 1. The molecule has 0 saturated heterocycles. The molecular formula is C62H113O11P. The molecule has 0 aliphatic rings. The highest BCUT2D eigenvalue weighted by molar-refractivity contribution is 7.47. The van der Waals surface area contributed by atoms with Crippen molar-refractivity contribution in [1.82, 2.24) is 0 Å². The van der Waals surface area contributed by atoms with Crippen LogP contribution in [0, 0.1) is 0 Å².